The van der Waals surface area contributed by atoms with Crippen LogP contribution in [0.5, 0.6) is 0 Å². The van der Waals surface area contributed by atoms with E-state index in [0.29, 0.717) is 0 Å². The van der Waals surface area contributed by atoms with Crippen LogP contribution in [0.15, 0.2) is 24.3 Å². The van der Waals surface area contributed by atoms with Gasteiger partial charge in [0.1, 0.15) is 0 Å². The minimum absolute atomic E-state index is 0.797. The van der Waals surface area contributed by atoms with Crippen LogP contribution in [0, 0.1) is 5.92 Å². The van der Waals surface area contributed by atoms with E-state index < -0.39 is 0 Å². The number of hydrogen-bond donors (Lipinski definition) is 1. The van der Waals surface area contributed by atoms with Crippen LogP contribution in [0.3, 0.4) is 0 Å². The normalized spacial score (nSPS) is 24.3. The molecule has 0 bridgehead atoms. The fourth-order valence-corrected chi connectivity index (χ4v) is 3.68. The number of likely N-dealkylation sites (tertiary alicyclic amines) is 2. The molecule has 0 aliphatic carbocycles. The summed E-state index contributed by atoms with van der Waals surface area (Å²) < 4.78 is 0. The lowest BCUT2D eigenvalue weighted by Gasteiger charge is -2.30. The van der Waals surface area contributed by atoms with E-state index in [1.165, 1.54) is 63.1 Å². The molecular weight excluding hydrogens is 258 g/mol. The summed E-state index contributed by atoms with van der Waals surface area (Å²) in [6.07, 6.45) is 5.45. The minimum Gasteiger partial charge on any atom is -0.385 e. The van der Waals surface area contributed by atoms with E-state index in [1.54, 1.807) is 0 Å². The third-order valence-corrected chi connectivity index (χ3v) is 4.85. The van der Waals surface area contributed by atoms with Crippen molar-refractivity contribution in [3.05, 3.63) is 29.8 Å². The Morgan fingerprint density at radius 1 is 1.14 bits per heavy atom. The smallest absolute Gasteiger partial charge is 0.0343 e. The van der Waals surface area contributed by atoms with Crippen LogP contribution in [0.1, 0.15) is 31.2 Å². The van der Waals surface area contributed by atoms with Gasteiger partial charge >= 0.3 is 0 Å². The topological polar surface area (TPSA) is 18.5 Å². The van der Waals surface area contributed by atoms with Crippen LogP contribution in [0.2, 0.25) is 0 Å². The number of anilines is 1. The first-order valence-corrected chi connectivity index (χ1v) is 8.53. The number of nitrogens with zero attached hydrogens (tertiary/aromatic N) is 2. The van der Waals surface area contributed by atoms with Crippen molar-refractivity contribution in [3.8, 4) is 0 Å². The SMILES string of the molecule is CN1CCCC(CNc2cccc(CN3CCCC3)c2)C1. The number of benzene rings is 1. The van der Waals surface area contributed by atoms with Crippen LogP contribution in [0.4, 0.5) is 5.69 Å². The first-order chi connectivity index (χ1) is 10.3. The van der Waals surface area contributed by atoms with Gasteiger partial charge in [0.15, 0.2) is 0 Å². The molecule has 3 rings (SSSR count). The Morgan fingerprint density at radius 3 is 2.81 bits per heavy atom. The Labute approximate surface area is 129 Å². The van der Waals surface area contributed by atoms with E-state index >= 15 is 0 Å². The van der Waals surface area contributed by atoms with Crippen molar-refractivity contribution in [2.75, 3.05) is 45.1 Å². The van der Waals surface area contributed by atoms with Gasteiger partial charge in [-0.2, -0.15) is 0 Å². The van der Waals surface area contributed by atoms with Crippen LogP contribution in [0.25, 0.3) is 0 Å². The van der Waals surface area contributed by atoms with Gasteiger partial charge in [0.05, 0.1) is 0 Å². The van der Waals surface area contributed by atoms with E-state index in [9.17, 15) is 0 Å². The van der Waals surface area contributed by atoms with Gasteiger partial charge in [-0.1, -0.05) is 12.1 Å². The van der Waals surface area contributed by atoms with Gasteiger partial charge in [-0.05, 0) is 76.0 Å². The summed E-state index contributed by atoms with van der Waals surface area (Å²) in [4.78, 5) is 5.02. The molecule has 1 aromatic rings. The molecule has 2 aliphatic rings. The first kappa shape index (κ1) is 14.9. The maximum absolute atomic E-state index is 3.66. The average Bonchev–Trinajstić information content (AvgIpc) is 2.99. The van der Waals surface area contributed by atoms with Crippen LogP contribution < -0.4 is 5.32 Å². The lowest BCUT2D eigenvalue weighted by atomic mass is 9.98. The molecule has 3 nitrogen and oxygen atoms in total. The number of rotatable bonds is 5. The molecule has 0 saturated carbocycles. The molecule has 1 N–H and O–H groups in total. The molecule has 1 unspecified atom stereocenters. The summed E-state index contributed by atoms with van der Waals surface area (Å²) in [5, 5.41) is 3.66. The molecule has 0 aromatic heterocycles. The predicted molar refractivity (Wildman–Crippen MR) is 89.7 cm³/mol. The average molecular weight is 287 g/mol. The molecule has 116 valence electrons. The van der Waals surface area contributed by atoms with Crippen molar-refractivity contribution in [2.24, 2.45) is 5.92 Å². The highest BCUT2D eigenvalue weighted by Crippen LogP contribution is 2.19. The lowest BCUT2D eigenvalue weighted by molar-refractivity contribution is 0.217. The molecule has 2 saturated heterocycles. The predicted octanol–water partition coefficient (Wildman–Crippen LogP) is 3.04. The summed E-state index contributed by atoms with van der Waals surface area (Å²) in [5.41, 5.74) is 2.74. The van der Waals surface area contributed by atoms with Gasteiger partial charge in [0, 0.05) is 25.3 Å². The maximum Gasteiger partial charge on any atom is 0.0343 e. The highest BCUT2D eigenvalue weighted by Gasteiger charge is 2.17. The Balaban J connectivity index is 1.50. The summed E-state index contributed by atoms with van der Waals surface area (Å²) in [6, 6.07) is 9.00. The molecule has 3 heteroatoms. The van der Waals surface area contributed by atoms with E-state index in [4.69, 9.17) is 0 Å². The standard InChI is InChI=1S/C18H29N3/c1-20-9-5-7-17(14-20)13-19-18-8-4-6-16(12-18)15-21-10-2-3-11-21/h4,6,8,12,17,19H,2-3,5,7,9-11,13-15H2,1H3. The van der Waals surface area contributed by atoms with Crippen molar-refractivity contribution in [1.29, 1.82) is 0 Å². The monoisotopic (exact) mass is 287 g/mol. The molecule has 2 heterocycles. The molecule has 2 aliphatic heterocycles. The quantitative estimate of drug-likeness (QED) is 0.898. The molecule has 2 fully saturated rings. The summed E-state index contributed by atoms with van der Waals surface area (Å²) in [7, 11) is 2.24. The second-order valence-electron chi connectivity index (χ2n) is 6.84. The molecule has 1 aromatic carbocycles. The Morgan fingerprint density at radius 2 is 2.00 bits per heavy atom. The molecule has 21 heavy (non-hydrogen) atoms. The van der Waals surface area contributed by atoms with Crippen molar-refractivity contribution < 1.29 is 0 Å². The number of hydrogen-bond acceptors (Lipinski definition) is 3. The van der Waals surface area contributed by atoms with Crippen molar-refractivity contribution in [2.45, 2.75) is 32.2 Å². The Bertz CT molecular complexity index is 440. The maximum atomic E-state index is 3.66. The zero-order valence-corrected chi connectivity index (χ0v) is 13.4. The second-order valence-corrected chi connectivity index (χ2v) is 6.84. The third-order valence-electron chi connectivity index (χ3n) is 4.85. The van der Waals surface area contributed by atoms with Gasteiger partial charge in [-0.25, -0.2) is 0 Å². The highest BCUT2D eigenvalue weighted by atomic mass is 15.1. The van der Waals surface area contributed by atoms with Crippen molar-refractivity contribution >= 4 is 5.69 Å². The summed E-state index contributed by atoms with van der Waals surface area (Å²) >= 11 is 0. The van der Waals surface area contributed by atoms with Gasteiger partial charge in [-0.3, -0.25) is 4.90 Å². The number of piperidine rings is 1. The Hall–Kier alpha value is -1.06. The third kappa shape index (κ3) is 4.45. The zero-order chi connectivity index (χ0) is 14.5. The van der Waals surface area contributed by atoms with E-state index in [1.807, 2.05) is 0 Å². The van der Waals surface area contributed by atoms with Crippen LogP contribution >= 0.6 is 0 Å². The molecule has 1 atom stereocenters. The van der Waals surface area contributed by atoms with Crippen molar-refractivity contribution in [1.82, 2.24) is 9.80 Å². The summed E-state index contributed by atoms with van der Waals surface area (Å²) in [5.74, 6) is 0.797. The van der Waals surface area contributed by atoms with Crippen molar-refractivity contribution in [3.63, 3.8) is 0 Å². The van der Waals surface area contributed by atoms with E-state index in [0.717, 1.165) is 19.0 Å². The molecule has 0 radical (unpaired) electrons. The van der Waals surface area contributed by atoms with Crippen LogP contribution in [-0.4, -0.2) is 49.6 Å². The largest absolute Gasteiger partial charge is 0.385 e. The molecular formula is C18H29N3. The van der Waals surface area contributed by atoms with Gasteiger partial charge in [-0.15, -0.1) is 0 Å². The fraction of sp³-hybridized carbons (Fsp3) is 0.667. The van der Waals surface area contributed by atoms with Gasteiger partial charge < -0.3 is 10.2 Å². The summed E-state index contributed by atoms with van der Waals surface area (Å²) in [6.45, 7) is 7.26. The first-order valence-electron chi connectivity index (χ1n) is 8.53. The second kappa shape index (κ2) is 7.28. The lowest BCUT2D eigenvalue weighted by Crippen LogP contribution is -2.35. The molecule has 0 spiro atoms. The van der Waals surface area contributed by atoms with E-state index in [-0.39, 0.29) is 0 Å². The number of nitrogens with one attached hydrogen (secondary N) is 1. The fourth-order valence-electron chi connectivity index (χ4n) is 3.68. The Kier molecular flexibility index (Phi) is 5.15. The minimum atomic E-state index is 0.797. The highest BCUT2D eigenvalue weighted by molar-refractivity contribution is 5.45. The van der Waals surface area contributed by atoms with Gasteiger partial charge in [0.25, 0.3) is 0 Å². The van der Waals surface area contributed by atoms with E-state index in [2.05, 4.69) is 46.4 Å². The van der Waals surface area contributed by atoms with Gasteiger partial charge in [0.2, 0.25) is 0 Å². The van der Waals surface area contributed by atoms with Crippen LogP contribution in [-0.2, 0) is 6.54 Å². The zero-order valence-electron chi connectivity index (χ0n) is 13.4. The molecule has 0 amide bonds.